The third-order valence-corrected chi connectivity index (χ3v) is 3.22. The quantitative estimate of drug-likeness (QED) is 0.380. The van der Waals surface area contributed by atoms with Gasteiger partial charge in [0.05, 0.1) is 0 Å². The number of rotatable bonds is 4. The second-order valence-corrected chi connectivity index (χ2v) is 4.86. The number of hydrogen-bond donors (Lipinski definition) is 2. The smallest absolute Gasteiger partial charge is 0.188 e. The number of aromatic nitrogens is 3. The molecule has 0 saturated heterocycles. The van der Waals surface area contributed by atoms with Crippen LogP contribution in [-0.4, -0.2) is 15.0 Å². The van der Waals surface area contributed by atoms with Gasteiger partial charge in [-0.1, -0.05) is 17.8 Å². The summed E-state index contributed by atoms with van der Waals surface area (Å²) in [5, 5.41) is 0.800. The molecule has 0 bridgehead atoms. The molecular formula is C12H15N5S. The minimum atomic E-state index is 0.659. The van der Waals surface area contributed by atoms with E-state index in [9.17, 15) is 0 Å². The molecule has 18 heavy (non-hydrogen) atoms. The van der Waals surface area contributed by atoms with E-state index in [-0.39, 0.29) is 0 Å². The second-order valence-electron chi connectivity index (χ2n) is 3.92. The Bertz CT molecular complexity index is 506. The first-order valence-electron chi connectivity index (χ1n) is 5.54. The number of aryl methyl sites for hydroxylation is 2. The summed E-state index contributed by atoms with van der Waals surface area (Å²) in [6.45, 7) is 3.95. The van der Waals surface area contributed by atoms with Gasteiger partial charge >= 0.3 is 0 Å². The zero-order valence-corrected chi connectivity index (χ0v) is 11.2. The van der Waals surface area contributed by atoms with E-state index in [2.05, 4.69) is 20.4 Å². The van der Waals surface area contributed by atoms with Crippen molar-refractivity contribution in [3.63, 3.8) is 0 Å². The molecule has 0 spiro atoms. The largest absolute Gasteiger partial charge is 0.308 e. The Hall–Kier alpha value is -1.66. The predicted molar refractivity (Wildman–Crippen MR) is 73.1 cm³/mol. The fourth-order valence-electron chi connectivity index (χ4n) is 1.50. The van der Waals surface area contributed by atoms with Crippen molar-refractivity contribution in [1.29, 1.82) is 0 Å². The Morgan fingerprint density at radius 2 is 1.94 bits per heavy atom. The fraction of sp³-hybridized carbons (Fsp3) is 0.250. The molecule has 2 heterocycles. The molecule has 2 rings (SSSR count). The van der Waals surface area contributed by atoms with Crippen LogP contribution in [0.2, 0.25) is 0 Å². The first kappa shape index (κ1) is 12.8. The second kappa shape index (κ2) is 5.79. The van der Waals surface area contributed by atoms with Crippen molar-refractivity contribution in [2.24, 2.45) is 5.84 Å². The number of hydrazine groups is 1. The van der Waals surface area contributed by atoms with Crippen LogP contribution in [0.5, 0.6) is 0 Å². The summed E-state index contributed by atoms with van der Waals surface area (Å²) < 4.78 is 0. The van der Waals surface area contributed by atoms with Crippen LogP contribution < -0.4 is 11.3 Å². The van der Waals surface area contributed by atoms with Gasteiger partial charge in [0.25, 0.3) is 0 Å². The van der Waals surface area contributed by atoms with Crippen molar-refractivity contribution < 1.29 is 0 Å². The van der Waals surface area contributed by atoms with Crippen molar-refractivity contribution in [3.05, 3.63) is 41.3 Å². The Balaban J connectivity index is 2.01. The van der Waals surface area contributed by atoms with Crippen LogP contribution in [0, 0.1) is 13.8 Å². The van der Waals surface area contributed by atoms with E-state index in [1.807, 2.05) is 32.0 Å². The molecule has 0 aliphatic heterocycles. The van der Waals surface area contributed by atoms with Gasteiger partial charge in [0, 0.05) is 23.3 Å². The molecule has 0 aromatic carbocycles. The average Bonchev–Trinajstić information content (AvgIpc) is 2.36. The zero-order chi connectivity index (χ0) is 13.0. The first-order valence-corrected chi connectivity index (χ1v) is 6.52. The summed E-state index contributed by atoms with van der Waals surface area (Å²) in [7, 11) is 0. The van der Waals surface area contributed by atoms with E-state index in [0.717, 1.165) is 27.9 Å². The number of anilines is 1. The lowest BCUT2D eigenvalue weighted by Crippen LogP contribution is -2.08. The monoisotopic (exact) mass is 261 g/mol. The third kappa shape index (κ3) is 3.41. The Labute approximate surface area is 110 Å². The summed E-state index contributed by atoms with van der Waals surface area (Å²) in [5.41, 5.74) is 5.60. The van der Waals surface area contributed by atoms with Gasteiger partial charge in [0.2, 0.25) is 0 Å². The summed E-state index contributed by atoms with van der Waals surface area (Å²) in [5.74, 6) is 6.71. The molecule has 0 amide bonds. The Kier molecular flexibility index (Phi) is 4.11. The van der Waals surface area contributed by atoms with Gasteiger partial charge < -0.3 is 5.43 Å². The molecule has 0 aliphatic rings. The van der Waals surface area contributed by atoms with Gasteiger partial charge in [0.1, 0.15) is 5.82 Å². The molecule has 0 atom stereocenters. The molecule has 2 aromatic heterocycles. The highest BCUT2D eigenvalue weighted by Crippen LogP contribution is 2.19. The fourth-order valence-corrected chi connectivity index (χ4v) is 2.38. The van der Waals surface area contributed by atoms with Gasteiger partial charge in [-0.3, -0.25) is 0 Å². The number of nitrogens with two attached hydrogens (primary N) is 1. The Morgan fingerprint density at radius 3 is 2.50 bits per heavy atom. The van der Waals surface area contributed by atoms with E-state index in [1.165, 1.54) is 0 Å². The lowest BCUT2D eigenvalue weighted by molar-refractivity contribution is 0.901. The normalized spacial score (nSPS) is 10.4. The topological polar surface area (TPSA) is 76.7 Å². The molecule has 2 aromatic rings. The van der Waals surface area contributed by atoms with E-state index in [4.69, 9.17) is 5.84 Å². The van der Waals surface area contributed by atoms with E-state index in [0.29, 0.717) is 5.82 Å². The van der Waals surface area contributed by atoms with E-state index >= 15 is 0 Å². The van der Waals surface area contributed by atoms with Gasteiger partial charge in [-0.2, -0.15) is 0 Å². The minimum absolute atomic E-state index is 0.659. The maximum absolute atomic E-state index is 5.26. The molecule has 0 aliphatic carbocycles. The number of pyridine rings is 1. The summed E-state index contributed by atoms with van der Waals surface area (Å²) in [6, 6.07) is 5.80. The van der Waals surface area contributed by atoms with Crippen LogP contribution >= 0.6 is 11.8 Å². The van der Waals surface area contributed by atoms with Crippen molar-refractivity contribution >= 4 is 17.6 Å². The molecule has 0 fully saturated rings. The van der Waals surface area contributed by atoms with Crippen LogP contribution in [0.4, 0.5) is 5.82 Å². The highest BCUT2D eigenvalue weighted by molar-refractivity contribution is 7.98. The van der Waals surface area contributed by atoms with Crippen LogP contribution in [-0.2, 0) is 5.75 Å². The first-order chi connectivity index (χ1) is 8.67. The van der Waals surface area contributed by atoms with E-state index < -0.39 is 0 Å². The lowest BCUT2D eigenvalue weighted by Gasteiger charge is -2.04. The molecule has 3 N–H and O–H groups in total. The summed E-state index contributed by atoms with van der Waals surface area (Å²) >= 11 is 1.60. The molecule has 94 valence electrons. The zero-order valence-electron chi connectivity index (χ0n) is 10.3. The third-order valence-electron chi connectivity index (χ3n) is 2.30. The number of hydrogen-bond acceptors (Lipinski definition) is 6. The molecule has 5 nitrogen and oxygen atoms in total. The molecule has 0 unspecified atom stereocenters. The number of nitrogen functional groups attached to an aromatic ring is 1. The van der Waals surface area contributed by atoms with Gasteiger partial charge in [-0.15, -0.1) is 0 Å². The maximum atomic E-state index is 5.26. The van der Waals surface area contributed by atoms with Crippen molar-refractivity contribution in [1.82, 2.24) is 15.0 Å². The van der Waals surface area contributed by atoms with Crippen molar-refractivity contribution in [3.8, 4) is 0 Å². The SMILES string of the molecule is Cc1cc(C)nc(SCc2ccc(NN)nc2)n1. The minimum Gasteiger partial charge on any atom is -0.308 e. The lowest BCUT2D eigenvalue weighted by atomic mass is 10.3. The summed E-state index contributed by atoms with van der Waals surface area (Å²) in [6.07, 6.45) is 1.80. The van der Waals surface area contributed by atoms with Gasteiger partial charge in [0.15, 0.2) is 5.16 Å². The highest BCUT2D eigenvalue weighted by atomic mass is 32.2. The summed E-state index contributed by atoms with van der Waals surface area (Å²) in [4.78, 5) is 12.9. The van der Waals surface area contributed by atoms with Gasteiger partial charge in [-0.25, -0.2) is 20.8 Å². The number of nitrogens with zero attached hydrogens (tertiary/aromatic N) is 3. The predicted octanol–water partition coefficient (Wildman–Crippen LogP) is 2.07. The van der Waals surface area contributed by atoms with Crippen LogP contribution in [0.3, 0.4) is 0 Å². The molecular weight excluding hydrogens is 246 g/mol. The highest BCUT2D eigenvalue weighted by Gasteiger charge is 2.02. The number of thioether (sulfide) groups is 1. The molecule has 6 heteroatoms. The maximum Gasteiger partial charge on any atom is 0.188 e. The van der Waals surface area contributed by atoms with Crippen molar-refractivity contribution in [2.45, 2.75) is 24.8 Å². The van der Waals surface area contributed by atoms with Crippen LogP contribution in [0.1, 0.15) is 17.0 Å². The molecule has 0 radical (unpaired) electrons. The Morgan fingerprint density at radius 1 is 1.22 bits per heavy atom. The van der Waals surface area contributed by atoms with Gasteiger partial charge in [-0.05, 0) is 31.5 Å². The average molecular weight is 261 g/mol. The van der Waals surface area contributed by atoms with Crippen molar-refractivity contribution in [2.75, 3.05) is 5.43 Å². The van der Waals surface area contributed by atoms with E-state index in [1.54, 1.807) is 18.0 Å². The van der Waals surface area contributed by atoms with Crippen LogP contribution in [0.15, 0.2) is 29.6 Å². The molecule has 0 saturated carbocycles. The standard InChI is InChI=1S/C12H15N5S/c1-8-5-9(2)16-12(15-8)18-7-10-3-4-11(17-13)14-6-10/h3-6H,7,13H2,1-2H3,(H,14,17). The number of nitrogens with one attached hydrogen (secondary N) is 1. The van der Waals surface area contributed by atoms with Crippen LogP contribution in [0.25, 0.3) is 0 Å².